The lowest BCUT2D eigenvalue weighted by Crippen LogP contribution is -2.18. The molecule has 1 N–H and O–H groups in total. The van der Waals surface area contributed by atoms with Crippen LogP contribution in [-0.2, 0) is 6.54 Å². The Kier molecular flexibility index (Phi) is 3.35. The average Bonchev–Trinajstić information content (AvgIpc) is 3.16. The van der Waals surface area contributed by atoms with Crippen LogP contribution < -0.4 is 0 Å². The Morgan fingerprint density at radius 1 is 1.13 bits per heavy atom. The molecular formula is C18H19N5. The van der Waals surface area contributed by atoms with Gasteiger partial charge in [-0.3, -0.25) is 0 Å². The van der Waals surface area contributed by atoms with Crippen molar-refractivity contribution in [3.63, 3.8) is 0 Å². The van der Waals surface area contributed by atoms with Crippen LogP contribution in [0.2, 0.25) is 0 Å². The van der Waals surface area contributed by atoms with Crippen molar-refractivity contribution in [1.82, 2.24) is 24.9 Å². The minimum Gasteiger partial charge on any atom is -0.361 e. The van der Waals surface area contributed by atoms with Crippen molar-refractivity contribution in [1.29, 1.82) is 0 Å². The van der Waals surface area contributed by atoms with Gasteiger partial charge >= 0.3 is 0 Å². The molecule has 0 unspecified atom stereocenters. The van der Waals surface area contributed by atoms with Crippen LogP contribution >= 0.6 is 0 Å². The fourth-order valence-electron chi connectivity index (χ4n) is 2.91. The number of hydrogen-bond donors (Lipinski definition) is 1. The molecule has 0 aliphatic carbocycles. The molecule has 5 heteroatoms. The van der Waals surface area contributed by atoms with E-state index in [1.807, 2.05) is 10.7 Å². The van der Waals surface area contributed by atoms with Gasteiger partial charge in [-0.05, 0) is 37.9 Å². The van der Waals surface area contributed by atoms with E-state index in [2.05, 4.69) is 76.9 Å². The predicted molar refractivity (Wildman–Crippen MR) is 93.4 cm³/mol. The molecule has 4 rings (SSSR count). The first kappa shape index (κ1) is 14.0. The summed E-state index contributed by atoms with van der Waals surface area (Å²) in [6.45, 7) is 1.79. The SMILES string of the molecule is CN(C)CCn1nnc2cc(-c3c[nH]c4ccccc34)ccc21. The second-order valence-electron chi connectivity index (χ2n) is 6.07. The van der Waals surface area contributed by atoms with Crippen molar-refractivity contribution in [2.45, 2.75) is 6.54 Å². The Bertz CT molecular complexity index is 964. The maximum absolute atomic E-state index is 4.33. The lowest BCUT2D eigenvalue weighted by Gasteiger charge is -2.09. The van der Waals surface area contributed by atoms with E-state index in [1.165, 1.54) is 10.9 Å². The number of likely N-dealkylation sites (N-methyl/N-ethyl adjacent to an activating group) is 1. The second kappa shape index (κ2) is 5.52. The molecule has 2 aromatic carbocycles. The van der Waals surface area contributed by atoms with E-state index in [-0.39, 0.29) is 0 Å². The second-order valence-corrected chi connectivity index (χ2v) is 6.07. The number of para-hydroxylation sites is 1. The van der Waals surface area contributed by atoms with E-state index >= 15 is 0 Å². The number of nitrogens with one attached hydrogen (secondary N) is 1. The van der Waals surface area contributed by atoms with Crippen LogP contribution in [0.4, 0.5) is 0 Å². The molecule has 0 radical (unpaired) electrons. The van der Waals surface area contributed by atoms with Crippen LogP contribution in [-0.4, -0.2) is 45.5 Å². The normalized spacial score (nSPS) is 11.8. The van der Waals surface area contributed by atoms with Crippen molar-refractivity contribution in [3.8, 4) is 11.1 Å². The summed E-state index contributed by atoms with van der Waals surface area (Å²) < 4.78 is 1.97. The van der Waals surface area contributed by atoms with Gasteiger partial charge in [0.25, 0.3) is 0 Å². The number of fused-ring (bicyclic) bond motifs is 2. The lowest BCUT2D eigenvalue weighted by molar-refractivity contribution is 0.374. The molecule has 0 saturated carbocycles. The molecule has 0 spiro atoms. The molecule has 116 valence electrons. The van der Waals surface area contributed by atoms with Gasteiger partial charge in [-0.2, -0.15) is 0 Å². The maximum atomic E-state index is 4.33. The van der Waals surface area contributed by atoms with Crippen molar-refractivity contribution < 1.29 is 0 Å². The fraction of sp³-hybridized carbons (Fsp3) is 0.222. The quantitative estimate of drug-likeness (QED) is 0.630. The van der Waals surface area contributed by atoms with Crippen molar-refractivity contribution in [2.75, 3.05) is 20.6 Å². The van der Waals surface area contributed by atoms with Crippen LogP contribution in [0.3, 0.4) is 0 Å². The van der Waals surface area contributed by atoms with Gasteiger partial charge in [-0.15, -0.1) is 5.10 Å². The molecule has 4 aromatic rings. The molecule has 0 saturated heterocycles. The maximum Gasteiger partial charge on any atom is 0.113 e. The average molecular weight is 305 g/mol. The standard InChI is InChI=1S/C18H19N5/c1-22(2)9-10-23-18-8-7-13(11-17(18)20-21-23)15-12-19-16-6-4-3-5-14(15)16/h3-8,11-12,19H,9-10H2,1-2H3. The number of aromatic amines is 1. The highest BCUT2D eigenvalue weighted by Gasteiger charge is 2.09. The number of hydrogen-bond acceptors (Lipinski definition) is 3. The van der Waals surface area contributed by atoms with E-state index in [9.17, 15) is 0 Å². The van der Waals surface area contributed by atoms with Gasteiger partial charge in [0, 0.05) is 29.2 Å². The van der Waals surface area contributed by atoms with Crippen molar-refractivity contribution in [3.05, 3.63) is 48.7 Å². The lowest BCUT2D eigenvalue weighted by atomic mass is 10.0. The smallest absolute Gasteiger partial charge is 0.113 e. The Labute approximate surface area is 134 Å². The fourth-order valence-corrected chi connectivity index (χ4v) is 2.91. The summed E-state index contributed by atoms with van der Waals surface area (Å²) >= 11 is 0. The molecule has 0 bridgehead atoms. The Morgan fingerprint density at radius 3 is 2.87 bits per heavy atom. The molecule has 2 heterocycles. The number of benzene rings is 2. The van der Waals surface area contributed by atoms with E-state index in [0.29, 0.717) is 0 Å². The topological polar surface area (TPSA) is 49.7 Å². The predicted octanol–water partition coefficient (Wildman–Crippen LogP) is 3.14. The number of rotatable bonds is 4. The summed E-state index contributed by atoms with van der Waals surface area (Å²) in [7, 11) is 4.13. The number of aromatic nitrogens is 4. The number of H-pyrrole nitrogens is 1. The van der Waals surface area contributed by atoms with Gasteiger partial charge in [0.2, 0.25) is 0 Å². The molecule has 0 aliphatic heterocycles. The third-order valence-electron chi connectivity index (χ3n) is 4.17. The first-order valence-electron chi connectivity index (χ1n) is 7.77. The Hall–Kier alpha value is -2.66. The van der Waals surface area contributed by atoms with E-state index in [1.54, 1.807) is 0 Å². The minimum atomic E-state index is 0.843. The van der Waals surface area contributed by atoms with Gasteiger partial charge in [0.05, 0.1) is 12.1 Å². The molecular weight excluding hydrogens is 286 g/mol. The third kappa shape index (κ3) is 2.49. The zero-order valence-corrected chi connectivity index (χ0v) is 13.3. The highest BCUT2D eigenvalue weighted by molar-refractivity contribution is 5.97. The van der Waals surface area contributed by atoms with Crippen molar-refractivity contribution in [2.24, 2.45) is 0 Å². The molecule has 0 atom stereocenters. The summed E-state index contributed by atoms with van der Waals surface area (Å²) in [6, 6.07) is 14.7. The highest BCUT2D eigenvalue weighted by Crippen LogP contribution is 2.30. The summed E-state index contributed by atoms with van der Waals surface area (Å²) in [6.07, 6.45) is 2.06. The Balaban J connectivity index is 1.75. The van der Waals surface area contributed by atoms with E-state index in [4.69, 9.17) is 0 Å². The van der Waals surface area contributed by atoms with E-state index < -0.39 is 0 Å². The number of nitrogens with zero attached hydrogens (tertiary/aromatic N) is 4. The zero-order valence-electron chi connectivity index (χ0n) is 13.3. The molecule has 5 nitrogen and oxygen atoms in total. The van der Waals surface area contributed by atoms with Gasteiger partial charge in [-0.1, -0.05) is 29.5 Å². The van der Waals surface area contributed by atoms with Crippen LogP contribution in [0, 0.1) is 0 Å². The Morgan fingerprint density at radius 2 is 2.00 bits per heavy atom. The summed E-state index contributed by atoms with van der Waals surface area (Å²) in [4.78, 5) is 5.47. The molecule has 0 amide bonds. The molecule has 0 fully saturated rings. The molecule has 23 heavy (non-hydrogen) atoms. The van der Waals surface area contributed by atoms with Crippen LogP contribution in [0.15, 0.2) is 48.7 Å². The first-order chi connectivity index (χ1) is 11.2. The molecule has 2 aromatic heterocycles. The van der Waals surface area contributed by atoms with Crippen LogP contribution in [0.25, 0.3) is 33.1 Å². The van der Waals surface area contributed by atoms with Gasteiger partial charge in [-0.25, -0.2) is 4.68 Å². The van der Waals surface area contributed by atoms with Crippen LogP contribution in [0.5, 0.6) is 0 Å². The van der Waals surface area contributed by atoms with Crippen LogP contribution in [0.1, 0.15) is 0 Å². The van der Waals surface area contributed by atoms with Gasteiger partial charge < -0.3 is 9.88 Å². The van der Waals surface area contributed by atoms with Gasteiger partial charge in [0.1, 0.15) is 5.52 Å². The first-order valence-corrected chi connectivity index (χ1v) is 7.77. The summed E-state index contributed by atoms with van der Waals surface area (Å²) in [5.74, 6) is 0. The van der Waals surface area contributed by atoms with Crippen molar-refractivity contribution >= 4 is 21.9 Å². The zero-order chi connectivity index (χ0) is 15.8. The summed E-state index contributed by atoms with van der Waals surface area (Å²) in [5.41, 5.74) is 5.53. The minimum absolute atomic E-state index is 0.843. The monoisotopic (exact) mass is 305 g/mol. The largest absolute Gasteiger partial charge is 0.361 e. The third-order valence-corrected chi connectivity index (χ3v) is 4.17. The van der Waals surface area contributed by atoms with E-state index in [0.717, 1.165) is 35.2 Å². The highest BCUT2D eigenvalue weighted by atomic mass is 15.4. The summed E-state index contributed by atoms with van der Waals surface area (Å²) in [5, 5.41) is 9.84. The molecule has 0 aliphatic rings. The van der Waals surface area contributed by atoms with Gasteiger partial charge in [0.15, 0.2) is 0 Å².